The Morgan fingerprint density at radius 2 is 2.03 bits per heavy atom. The van der Waals surface area contributed by atoms with Crippen LogP contribution in [0.1, 0.15) is 51.9 Å². The number of hydrogen-bond donors (Lipinski definition) is 1. The predicted molar refractivity (Wildman–Crippen MR) is 115 cm³/mol. The van der Waals surface area contributed by atoms with E-state index in [1.54, 1.807) is 6.07 Å². The number of para-hydroxylation sites is 1. The van der Waals surface area contributed by atoms with E-state index in [2.05, 4.69) is 17.1 Å². The normalized spacial score (nSPS) is 17.8. The van der Waals surface area contributed by atoms with Crippen LogP contribution in [0.4, 0.5) is 10.1 Å². The standard InChI is InChI=1S/C21H34FN3O3S/c1-3-18-10-6-7-15-24(18)16-9-14-23-21(26)13-8-17-25(29(2,27)28)20-12-5-4-11-19(20)22/h4-5,11-12,18H,3,6-10,13-17H2,1-2H3,(H,23,26)/t18-/m1/s1. The lowest BCUT2D eigenvalue weighted by molar-refractivity contribution is -0.121. The molecule has 1 saturated heterocycles. The number of hydrogen-bond acceptors (Lipinski definition) is 4. The molecule has 1 amide bonds. The number of sulfonamides is 1. The first-order chi connectivity index (χ1) is 13.8. The minimum absolute atomic E-state index is 0.0161. The Labute approximate surface area is 174 Å². The highest BCUT2D eigenvalue weighted by molar-refractivity contribution is 7.92. The van der Waals surface area contributed by atoms with Crippen molar-refractivity contribution in [2.24, 2.45) is 0 Å². The number of amides is 1. The second kappa shape index (κ2) is 11.5. The van der Waals surface area contributed by atoms with Crippen LogP contribution in [0.2, 0.25) is 0 Å². The zero-order chi connectivity index (χ0) is 21.3. The first-order valence-corrected chi connectivity index (χ1v) is 12.4. The molecular formula is C21H34FN3O3S. The highest BCUT2D eigenvalue weighted by Crippen LogP contribution is 2.22. The second-order valence-corrected chi connectivity index (χ2v) is 9.59. The first kappa shape index (κ1) is 23.6. The zero-order valence-corrected chi connectivity index (χ0v) is 18.4. The van der Waals surface area contributed by atoms with Crippen molar-refractivity contribution in [3.05, 3.63) is 30.1 Å². The summed E-state index contributed by atoms with van der Waals surface area (Å²) in [6.07, 6.45) is 7.49. The molecule has 6 nitrogen and oxygen atoms in total. The van der Waals surface area contributed by atoms with Gasteiger partial charge in [0.05, 0.1) is 11.9 Å². The first-order valence-electron chi connectivity index (χ1n) is 10.6. The number of anilines is 1. The van der Waals surface area contributed by atoms with Gasteiger partial charge in [-0.25, -0.2) is 12.8 Å². The van der Waals surface area contributed by atoms with Gasteiger partial charge in [-0.2, -0.15) is 0 Å². The van der Waals surface area contributed by atoms with E-state index in [-0.39, 0.29) is 24.6 Å². The van der Waals surface area contributed by atoms with Crippen molar-refractivity contribution in [3.8, 4) is 0 Å². The van der Waals surface area contributed by atoms with E-state index >= 15 is 0 Å². The maximum absolute atomic E-state index is 14.0. The van der Waals surface area contributed by atoms with Crippen molar-refractivity contribution < 1.29 is 17.6 Å². The molecule has 1 aromatic carbocycles. The van der Waals surface area contributed by atoms with E-state index in [4.69, 9.17) is 0 Å². The number of nitrogens with zero attached hydrogens (tertiary/aromatic N) is 2. The lowest BCUT2D eigenvalue weighted by Gasteiger charge is -2.35. The number of piperidine rings is 1. The van der Waals surface area contributed by atoms with Gasteiger partial charge in [-0.3, -0.25) is 9.10 Å². The predicted octanol–water partition coefficient (Wildman–Crippen LogP) is 3.14. The molecule has 1 heterocycles. The molecule has 2 rings (SSSR count). The SMILES string of the molecule is CC[C@@H]1CCCCN1CCCNC(=O)CCCN(c1ccccc1F)S(C)(=O)=O. The summed E-state index contributed by atoms with van der Waals surface area (Å²) >= 11 is 0. The Morgan fingerprint density at radius 1 is 1.28 bits per heavy atom. The van der Waals surface area contributed by atoms with Gasteiger partial charge in [-0.15, -0.1) is 0 Å². The van der Waals surface area contributed by atoms with E-state index < -0.39 is 15.8 Å². The summed E-state index contributed by atoms with van der Waals surface area (Å²) in [7, 11) is -3.62. The fraction of sp³-hybridized carbons (Fsp3) is 0.667. The third-order valence-electron chi connectivity index (χ3n) is 5.45. The Morgan fingerprint density at radius 3 is 2.72 bits per heavy atom. The summed E-state index contributed by atoms with van der Waals surface area (Å²) in [6, 6.07) is 6.43. The lowest BCUT2D eigenvalue weighted by atomic mass is 10.00. The molecule has 0 aliphatic carbocycles. The van der Waals surface area contributed by atoms with Gasteiger partial charge in [0.1, 0.15) is 5.82 Å². The molecule has 1 aliphatic rings. The van der Waals surface area contributed by atoms with Crippen LogP contribution >= 0.6 is 0 Å². The van der Waals surface area contributed by atoms with Crippen molar-refractivity contribution in [2.75, 3.05) is 36.7 Å². The molecule has 0 aromatic heterocycles. The topological polar surface area (TPSA) is 69.7 Å². The monoisotopic (exact) mass is 427 g/mol. The number of nitrogens with one attached hydrogen (secondary N) is 1. The van der Waals surface area contributed by atoms with Crippen molar-refractivity contribution in [2.45, 2.75) is 57.9 Å². The lowest BCUT2D eigenvalue weighted by Crippen LogP contribution is -2.40. The Balaban J connectivity index is 1.72. The quantitative estimate of drug-likeness (QED) is 0.551. The van der Waals surface area contributed by atoms with E-state index in [9.17, 15) is 17.6 Å². The van der Waals surface area contributed by atoms with Crippen LogP contribution in [0.5, 0.6) is 0 Å². The van der Waals surface area contributed by atoms with Gasteiger partial charge in [-0.05, 0) is 50.8 Å². The summed E-state index contributed by atoms with van der Waals surface area (Å²) < 4.78 is 39.1. The molecule has 164 valence electrons. The highest BCUT2D eigenvalue weighted by Gasteiger charge is 2.21. The van der Waals surface area contributed by atoms with E-state index in [0.717, 1.165) is 30.1 Å². The molecule has 8 heteroatoms. The average Bonchev–Trinajstić information content (AvgIpc) is 2.69. The molecule has 1 aliphatic heterocycles. The molecule has 0 spiro atoms. The maximum atomic E-state index is 14.0. The number of halogens is 1. The van der Waals surface area contributed by atoms with Gasteiger partial charge in [-0.1, -0.05) is 25.5 Å². The van der Waals surface area contributed by atoms with Crippen LogP contribution in [-0.4, -0.2) is 57.7 Å². The number of carbonyl (C=O) groups excluding carboxylic acids is 1. The molecular weight excluding hydrogens is 393 g/mol. The summed E-state index contributed by atoms with van der Waals surface area (Å²) in [5.74, 6) is -0.692. The van der Waals surface area contributed by atoms with Crippen molar-refractivity contribution >= 4 is 21.6 Å². The van der Waals surface area contributed by atoms with Crippen LogP contribution in [0, 0.1) is 5.82 Å². The average molecular weight is 428 g/mol. The van der Waals surface area contributed by atoms with Gasteiger partial charge in [0.15, 0.2) is 0 Å². The summed E-state index contributed by atoms with van der Waals surface area (Å²) in [4.78, 5) is 14.6. The minimum Gasteiger partial charge on any atom is -0.356 e. The Kier molecular flexibility index (Phi) is 9.36. The molecule has 0 radical (unpaired) electrons. The fourth-order valence-corrected chi connectivity index (χ4v) is 4.88. The fourth-order valence-electron chi connectivity index (χ4n) is 3.92. The summed E-state index contributed by atoms with van der Waals surface area (Å²) in [5.41, 5.74) is 0.0161. The Hall–Kier alpha value is -1.67. The highest BCUT2D eigenvalue weighted by atomic mass is 32.2. The molecule has 29 heavy (non-hydrogen) atoms. The Bertz CT molecular complexity index is 757. The van der Waals surface area contributed by atoms with Gasteiger partial charge in [0, 0.05) is 32.1 Å². The van der Waals surface area contributed by atoms with Crippen LogP contribution in [0.3, 0.4) is 0 Å². The van der Waals surface area contributed by atoms with Crippen molar-refractivity contribution in [3.63, 3.8) is 0 Å². The maximum Gasteiger partial charge on any atom is 0.232 e. The number of benzene rings is 1. The van der Waals surface area contributed by atoms with Crippen LogP contribution < -0.4 is 9.62 Å². The van der Waals surface area contributed by atoms with E-state index in [0.29, 0.717) is 19.0 Å². The van der Waals surface area contributed by atoms with Crippen LogP contribution in [0.25, 0.3) is 0 Å². The number of rotatable bonds is 11. The van der Waals surface area contributed by atoms with Gasteiger partial charge in [0.2, 0.25) is 15.9 Å². The molecule has 1 atom stereocenters. The molecule has 1 N–H and O–H groups in total. The smallest absolute Gasteiger partial charge is 0.232 e. The van der Waals surface area contributed by atoms with Crippen LogP contribution in [0.15, 0.2) is 24.3 Å². The zero-order valence-electron chi connectivity index (χ0n) is 17.6. The van der Waals surface area contributed by atoms with E-state index in [1.165, 1.54) is 43.9 Å². The van der Waals surface area contributed by atoms with Gasteiger partial charge >= 0.3 is 0 Å². The molecule has 1 fully saturated rings. The number of carbonyl (C=O) groups is 1. The molecule has 0 unspecified atom stereocenters. The molecule has 1 aromatic rings. The van der Waals surface area contributed by atoms with Crippen molar-refractivity contribution in [1.82, 2.24) is 10.2 Å². The van der Waals surface area contributed by atoms with Crippen molar-refractivity contribution in [1.29, 1.82) is 0 Å². The largest absolute Gasteiger partial charge is 0.356 e. The van der Waals surface area contributed by atoms with E-state index in [1.807, 2.05) is 0 Å². The third kappa shape index (κ3) is 7.59. The second-order valence-electron chi connectivity index (χ2n) is 7.69. The summed E-state index contributed by atoms with van der Waals surface area (Å²) in [5, 5.41) is 2.91. The van der Waals surface area contributed by atoms with Crippen LogP contribution in [-0.2, 0) is 14.8 Å². The molecule has 0 saturated carbocycles. The third-order valence-corrected chi connectivity index (χ3v) is 6.63. The number of likely N-dealkylation sites (tertiary alicyclic amines) is 1. The molecule has 0 bridgehead atoms. The van der Waals surface area contributed by atoms with Gasteiger partial charge in [0.25, 0.3) is 0 Å². The van der Waals surface area contributed by atoms with Gasteiger partial charge < -0.3 is 10.2 Å². The minimum atomic E-state index is -3.62. The summed E-state index contributed by atoms with van der Waals surface area (Å²) in [6.45, 7) is 5.05.